The Bertz CT molecular complexity index is 825. The number of hydrogen-bond acceptors (Lipinski definition) is 7. The van der Waals surface area contributed by atoms with Crippen LogP contribution in [0.25, 0.3) is 0 Å². The standard InChI is InChI=1S/C23H33NO7Si/c1-4-32(5-2,6-3)31-18-12-17(25)19-20(29-19)23(18)13-16(21(26)30-23)24-22(27)28-14-15-10-8-7-9-11-15/h7-11,16-20,25H,4-6,12-14H2,1-3H3,(H,24,27)/t16-,17+,18-,19-,20-,23+/m0/s1. The topological polar surface area (TPSA) is 107 Å². The third-order valence-electron chi connectivity index (χ3n) is 7.32. The normalized spacial score (nSPS) is 33.5. The lowest BCUT2D eigenvalue weighted by atomic mass is 9.78. The molecule has 1 aliphatic carbocycles. The van der Waals surface area contributed by atoms with E-state index in [1.54, 1.807) is 0 Å². The van der Waals surface area contributed by atoms with Crippen molar-refractivity contribution in [3.8, 4) is 0 Å². The van der Waals surface area contributed by atoms with Crippen LogP contribution in [0.2, 0.25) is 18.1 Å². The average molecular weight is 464 g/mol. The third kappa shape index (κ3) is 4.31. The van der Waals surface area contributed by atoms with Crippen LogP contribution in [0.1, 0.15) is 39.2 Å². The molecule has 0 unspecified atom stereocenters. The van der Waals surface area contributed by atoms with E-state index in [4.69, 9.17) is 18.6 Å². The second kappa shape index (κ2) is 9.13. The van der Waals surface area contributed by atoms with Crippen LogP contribution in [0.4, 0.5) is 4.79 Å². The van der Waals surface area contributed by atoms with Gasteiger partial charge in [-0.05, 0) is 23.7 Å². The first-order valence-corrected chi connectivity index (χ1v) is 14.1. The van der Waals surface area contributed by atoms with E-state index in [9.17, 15) is 14.7 Å². The molecule has 3 aliphatic rings. The number of benzene rings is 1. The minimum Gasteiger partial charge on any atom is -0.452 e. The second-order valence-electron chi connectivity index (χ2n) is 9.01. The number of epoxide rings is 1. The van der Waals surface area contributed by atoms with Crippen LogP contribution in [0.15, 0.2) is 30.3 Å². The molecule has 4 rings (SSSR count). The zero-order chi connectivity index (χ0) is 22.9. The highest BCUT2D eigenvalue weighted by Gasteiger charge is 2.71. The largest absolute Gasteiger partial charge is 0.452 e. The van der Waals surface area contributed by atoms with Crippen LogP contribution in [0, 0.1) is 0 Å². The molecule has 0 bridgehead atoms. The number of esters is 1. The first kappa shape index (κ1) is 23.2. The second-order valence-corrected chi connectivity index (χ2v) is 13.7. The van der Waals surface area contributed by atoms with Crippen LogP contribution in [-0.4, -0.2) is 61.5 Å². The average Bonchev–Trinajstić information content (AvgIpc) is 3.56. The molecule has 2 N–H and O–H groups in total. The molecular weight excluding hydrogens is 430 g/mol. The van der Waals surface area contributed by atoms with Crippen molar-refractivity contribution >= 4 is 20.4 Å². The first-order chi connectivity index (χ1) is 15.4. The number of aliphatic hydroxyl groups is 1. The minimum absolute atomic E-state index is 0.114. The Morgan fingerprint density at radius 1 is 1.22 bits per heavy atom. The fourth-order valence-electron chi connectivity index (χ4n) is 5.09. The van der Waals surface area contributed by atoms with Gasteiger partial charge in [0.1, 0.15) is 24.9 Å². The molecule has 9 heteroatoms. The minimum atomic E-state index is -2.04. The predicted molar refractivity (Wildman–Crippen MR) is 118 cm³/mol. The van der Waals surface area contributed by atoms with Crippen molar-refractivity contribution < 1.29 is 33.3 Å². The molecule has 8 nitrogen and oxygen atoms in total. The van der Waals surface area contributed by atoms with Crippen LogP contribution >= 0.6 is 0 Å². The fraction of sp³-hybridized carbons (Fsp3) is 0.652. The number of rotatable bonds is 8. The maximum atomic E-state index is 12.8. The Balaban J connectivity index is 1.45. The molecule has 1 spiro atoms. The Labute approximate surface area is 189 Å². The van der Waals surface area contributed by atoms with Gasteiger partial charge in [-0.25, -0.2) is 9.59 Å². The van der Waals surface area contributed by atoms with Gasteiger partial charge in [0.05, 0.1) is 12.2 Å². The number of fused-ring (bicyclic) bond motifs is 2. The molecule has 32 heavy (non-hydrogen) atoms. The molecule has 1 aromatic carbocycles. The summed E-state index contributed by atoms with van der Waals surface area (Å²) < 4.78 is 23.6. The highest BCUT2D eigenvalue weighted by Crippen LogP contribution is 2.52. The number of alkyl carbamates (subject to hydrolysis) is 1. The zero-order valence-electron chi connectivity index (χ0n) is 18.9. The molecular formula is C23H33NO7Si. The molecule has 176 valence electrons. The van der Waals surface area contributed by atoms with Gasteiger partial charge in [0.15, 0.2) is 13.9 Å². The summed E-state index contributed by atoms with van der Waals surface area (Å²) >= 11 is 0. The summed E-state index contributed by atoms with van der Waals surface area (Å²) in [5, 5.41) is 13.1. The molecule has 1 amide bonds. The van der Waals surface area contributed by atoms with Crippen molar-refractivity contribution in [2.24, 2.45) is 0 Å². The fourth-order valence-corrected chi connectivity index (χ4v) is 7.99. The molecule has 1 saturated carbocycles. The van der Waals surface area contributed by atoms with Crippen molar-refractivity contribution in [3.63, 3.8) is 0 Å². The monoisotopic (exact) mass is 463 g/mol. The molecule has 2 saturated heterocycles. The van der Waals surface area contributed by atoms with Gasteiger partial charge in [-0.1, -0.05) is 51.1 Å². The maximum absolute atomic E-state index is 12.8. The molecule has 6 atom stereocenters. The number of nitrogens with one attached hydrogen (secondary N) is 1. The van der Waals surface area contributed by atoms with Gasteiger partial charge in [0, 0.05) is 12.8 Å². The van der Waals surface area contributed by atoms with Gasteiger partial charge >= 0.3 is 12.1 Å². The van der Waals surface area contributed by atoms with Crippen molar-refractivity contribution in [2.75, 3.05) is 0 Å². The lowest BCUT2D eigenvalue weighted by Gasteiger charge is -2.43. The highest BCUT2D eigenvalue weighted by atomic mass is 28.4. The molecule has 2 aliphatic heterocycles. The van der Waals surface area contributed by atoms with Crippen molar-refractivity contribution in [1.29, 1.82) is 0 Å². The third-order valence-corrected chi connectivity index (χ3v) is 12.0. The van der Waals surface area contributed by atoms with Crippen molar-refractivity contribution in [3.05, 3.63) is 35.9 Å². The van der Waals surface area contributed by atoms with Crippen LogP contribution < -0.4 is 5.32 Å². The summed E-state index contributed by atoms with van der Waals surface area (Å²) in [5.74, 6) is -0.516. The first-order valence-electron chi connectivity index (χ1n) is 11.6. The predicted octanol–water partition coefficient (Wildman–Crippen LogP) is 2.89. The van der Waals surface area contributed by atoms with E-state index in [1.807, 2.05) is 30.3 Å². The van der Waals surface area contributed by atoms with E-state index in [2.05, 4.69) is 26.1 Å². The molecule has 1 aromatic rings. The van der Waals surface area contributed by atoms with Gasteiger partial charge in [0.2, 0.25) is 0 Å². The van der Waals surface area contributed by atoms with Crippen LogP contribution in [0.3, 0.4) is 0 Å². The Hall–Kier alpha value is -1.94. The molecule has 2 heterocycles. The summed E-state index contributed by atoms with van der Waals surface area (Å²) in [6, 6.07) is 11.3. The number of amides is 1. The van der Waals surface area contributed by atoms with E-state index in [0.717, 1.165) is 23.7 Å². The molecule has 3 fully saturated rings. The van der Waals surface area contributed by atoms with Gasteiger partial charge in [0.25, 0.3) is 0 Å². The van der Waals surface area contributed by atoms with E-state index >= 15 is 0 Å². The van der Waals surface area contributed by atoms with Crippen molar-refractivity contribution in [1.82, 2.24) is 5.32 Å². The van der Waals surface area contributed by atoms with Gasteiger partial charge < -0.3 is 29.1 Å². The van der Waals surface area contributed by atoms with E-state index < -0.39 is 50.3 Å². The van der Waals surface area contributed by atoms with E-state index in [-0.39, 0.29) is 19.1 Å². The van der Waals surface area contributed by atoms with Crippen molar-refractivity contribution in [2.45, 2.75) is 94.4 Å². The summed E-state index contributed by atoms with van der Waals surface area (Å²) in [5.41, 5.74) is -0.132. The van der Waals surface area contributed by atoms with Gasteiger partial charge in [-0.15, -0.1) is 0 Å². The zero-order valence-corrected chi connectivity index (χ0v) is 19.9. The molecule has 0 radical (unpaired) electrons. The number of ether oxygens (including phenoxy) is 3. The van der Waals surface area contributed by atoms with Crippen LogP contribution in [-0.2, 0) is 30.0 Å². The summed E-state index contributed by atoms with van der Waals surface area (Å²) in [6.45, 7) is 6.52. The summed E-state index contributed by atoms with van der Waals surface area (Å²) in [7, 11) is -2.04. The lowest BCUT2D eigenvalue weighted by Crippen LogP contribution is -2.59. The number of aliphatic hydroxyl groups excluding tert-OH is 1. The van der Waals surface area contributed by atoms with Crippen LogP contribution in [0.5, 0.6) is 0 Å². The Kier molecular flexibility index (Phi) is 6.62. The summed E-state index contributed by atoms with van der Waals surface area (Å²) in [6.07, 6.45) is -1.94. The maximum Gasteiger partial charge on any atom is 0.408 e. The number of carbonyl (C=O) groups is 2. The Morgan fingerprint density at radius 3 is 2.56 bits per heavy atom. The summed E-state index contributed by atoms with van der Waals surface area (Å²) in [4.78, 5) is 25.1. The van der Waals surface area contributed by atoms with E-state index in [1.165, 1.54) is 0 Å². The lowest BCUT2D eigenvalue weighted by molar-refractivity contribution is -0.165. The highest BCUT2D eigenvalue weighted by molar-refractivity contribution is 6.73. The SMILES string of the molecule is CC[Si](CC)(CC)O[C@H]1C[C@@H](O)[C@@H]2O[C@@H]2[C@@]12C[C@H](NC(=O)OCc1ccccc1)C(=O)O2. The van der Waals surface area contributed by atoms with E-state index in [0.29, 0.717) is 6.42 Å². The molecule has 0 aromatic heterocycles. The quantitative estimate of drug-likeness (QED) is 0.347. The van der Waals surface area contributed by atoms with Gasteiger partial charge in [-0.3, -0.25) is 0 Å². The Morgan fingerprint density at radius 2 is 1.91 bits per heavy atom. The number of hydrogen-bond donors (Lipinski definition) is 2. The smallest absolute Gasteiger partial charge is 0.408 e. The van der Waals surface area contributed by atoms with Gasteiger partial charge in [-0.2, -0.15) is 0 Å². The number of carbonyl (C=O) groups excluding carboxylic acids is 2.